The fourth-order valence-corrected chi connectivity index (χ4v) is 5.56. The third-order valence-corrected chi connectivity index (χ3v) is 7.80. The second-order valence-corrected chi connectivity index (χ2v) is 11.6. The number of hydrogen-bond donors (Lipinski definition) is 1. The molecule has 0 spiro atoms. The molecule has 2 amide bonds. The molecule has 35 heavy (non-hydrogen) atoms. The minimum absolute atomic E-state index is 0.102. The molecule has 0 saturated heterocycles. The van der Waals surface area contributed by atoms with Gasteiger partial charge in [-0.15, -0.1) is 0 Å². The zero-order chi connectivity index (χ0) is 25.6. The quantitative estimate of drug-likeness (QED) is 0.535. The highest BCUT2D eigenvalue weighted by Crippen LogP contribution is 2.27. The first-order valence-electron chi connectivity index (χ1n) is 11.9. The number of amides is 2. The molecule has 1 fully saturated rings. The van der Waals surface area contributed by atoms with Crippen molar-refractivity contribution in [3.05, 3.63) is 64.7 Å². The van der Waals surface area contributed by atoms with Gasteiger partial charge in [0, 0.05) is 12.6 Å². The predicted molar refractivity (Wildman–Crippen MR) is 140 cm³/mol. The molecule has 1 atom stereocenters. The van der Waals surface area contributed by atoms with Crippen LogP contribution in [0, 0.1) is 6.92 Å². The van der Waals surface area contributed by atoms with Crippen LogP contribution < -0.4 is 9.62 Å². The van der Waals surface area contributed by atoms with Crippen LogP contribution in [0.5, 0.6) is 0 Å². The van der Waals surface area contributed by atoms with Crippen molar-refractivity contribution in [3.8, 4) is 0 Å². The van der Waals surface area contributed by atoms with Gasteiger partial charge in [-0.25, -0.2) is 8.42 Å². The van der Waals surface area contributed by atoms with Crippen LogP contribution in [0.1, 0.15) is 50.2 Å². The lowest BCUT2D eigenvalue weighted by Crippen LogP contribution is -2.53. The molecule has 0 unspecified atom stereocenters. The van der Waals surface area contributed by atoms with Gasteiger partial charge in [0.05, 0.1) is 17.0 Å². The Morgan fingerprint density at radius 1 is 1.09 bits per heavy atom. The van der Waals surface area contributed by atoms with Crippen molar-refractivity contribution in [1.29, 1.82) is 0 Å². The Hall–Kier alpha value is -2.58. The number of nitrogens with one attached hydrogen (secondary N) is 1. The number of carbonyl (C=O) groups excluding carboxylic acids is 2. The summed E-state index contributed by atoms with van der Waals surface area (Å²) in [6.45, 7) is 3.36. The number of carbonyl (C=O) groups is 2. The van der Waals surface area contributed by atoms with Gasteiger partial charge in [0.25, 0.3) is 0 Å². The van der Waals surface area contributed by atoms with Gasteiger partial charge in [0.1, 0.15) is 12.6 Å². The lowest BCUT2D eigenvalue weighted by Gasteiger charge is -2.33. The maximum Gasteiger partial charge on any atom is 0.244 e. The van der Waals surface area contributed by atoms with Gasteiger partial charge in [-0.1, -0.05) is 72.8 Å². The van der Waals surface area contributed by atoms with Crippen molar-refractivity contribution in [2.75, 3.05) is 17.1 Å². The lowest BCUT2D eigenvalue weighted by molar-refractivity contribution is -0.139. The molecule has 1 saturated carbocycles. The summed E-state index contributed by atoms with van der Waals surface area (Å²) in [4.78, 5) is 28.2. The Morgan fingerprint density at radius 2 is 1.77 bits per heavy atom. The van der Waals surface area contributed by atoms with E-state index in [0.29, 0.717) is 0 Å². The fraction of sp³-hybridized carbons (Fsp3) is 0.462. The normalized spacial score (nSPS) is 15.3. The standard InChI is InChI=1S/C26H34ClN3O4S/c1-19-10-9-11-21(16-19)17-29(20(2)26(32)28-22-12-5-4-6-13-22)25(31)18-30(35(3,33)34)24-15-8-7-14-23(24)27/h7-11,14-16,20,22H,4-6,12-13,17-18H2,1-3H3,(H,28,32)/t20-/m0/s1. The van der Waals surface area contributed by atoms with Gasteiger partial charge in [-0.2, -0.15) is 0 Å². The molecule has 190 valence electrons. The van der Waals surface area contributed by atoms with E-state index in [1.54, 1.807) is 31.2 Å². The topological polar surface area (TPSA) is 86.8 Å². The van der Waals surface area contributed by atoms with Crippen LogP contribution in [0.4, 0.5) is 5.69 Å². The average molecular weight is 520 g/mol. The van der Waals surface area contributed by atoms with Crippen molar-refractivity contribution < 1.29 is 18.0 Å². The van der Waals surface area contributed by atoms with Crippen molar-refractivity contribution >= 4 is 39.1 Å². The van der Waals surface area contributed by atoms with E-state index in [-0.39, 0.29) is 29.2 Å². The minimum atomic E-state index is -3.82. The zero-order valence-corrected chi connectivity index (χ0v) is 22.1. The summed E-state index contributed by atoms with van der Waals surface area (Å²) in [6.07, 6.45) is 6.22. The zero-order valence-electron chi connectivity index (χ0n) is 20.5. The molecule has 3 rings (SSSR count). The number of nitrogens with zero attached hydrogens (tertiary/aromatic N) is 2. The molecule has 0 aliphatic heterocycles. The fourth-order valence-electron chi connectivity index (χ4n) is 4.41. The van der Waals surface area contributed by atoms with Crippen LogP contribution in [0.3, 0.4) is 0 Å². The van der Waals surface area contributed by atoms with Crippen LogP contribution in [-0.4, -0.2) is 50.0 Å². The highest BCUT2D eigenvalue weighted by molar-refractivity contribution is 7.92. The Balaban J connectivity index is 1.88. The number of sulfonamides is 1. The van der Waals surface area contributed by atoms with Crippen molar-refractivity contribution in [1.82, 2.24) is 10.2 Å². The van der Waals surface area contributed by atoms with Gasteiger partial charge < -0.3 is 10.2 Å². The monoisotopic (exact) mass is 519 g/mol. The van der Waals surface area contributed by atoms with Gasteiger partial charge in [-0.05, 0) is 44.4 Å². The van der Waals surface area contributed by atoms with Crippen LogP contribution in [0.25, 0.3) is 0 Å². The van der Waals surface area contributed by atoms with Gasteiger partial charge in [0.15, 0.2) is 0 Å². The van der Waals surface area contributed by atoms with Crippen molar-refractivity contribution in [2.24, 2.45) is 0 Å². The number of rotatable bonds is 9. The smallest absolute Gasteiger partial charge is 0.244 e. The molecule has 7 nitrogen and oxygen atoms in total. The average Bonchev–Trinajstić information content (AvgIpc) is 2.81. The Morgan fingerprint density at radius 3 is 2.40 bits per heavy atom. The molecule has 9 heteroatoms. The van der Waals surface area contributed by atoms with E-state index in [2.05, 4.69) is 5.32 Å². The number of anilines is 1. The largest absolute Gasteiger partial charge is 0.352 e. The molecule has 1 N–H and O–H groups in total. The minimum Gasteiger partial charge on any atom is -0.352 e. The molecule has 2 aromatic carbocycles. The summed E-state index contributed by atoms with van der Waals surface area (Å²) in [5.41, 5.74) is 2.11. The Labute approximate surface area is 213 Å². The first-order chi connectivity index (χ1) is 16.6. The lowest BCUT2D eigenvalue weighted by atomic mass is 9.95. The number of benzene rings is 2. The number of aryl methyl sites for hydroxylation is 1. The summed E-state index contributed by atoms with van der Waals surface area (Å²) < 4.78 is 26.3. The highest BCUT2D eigenvalue weighted by Gasteiger charge is 2.31. The summed E-state index contributed by atoms with van der Waals surface area (Å²) in [6, 6.07) is 13.5. The van der Waals surface area contributed by atoms with E-state index < -0.39 is 28.5 Å². The van der Waals surface area contributed by atoms with Crippen LogP contribution in [0.2, 0.25) is 5.02 Å². The third-order valence-electron chi connectivity index (χ3n) is 6.35. The summed E-state index contributed by atoms with van der Waals surface area (Å²) in [7, 11) is -3.82. The Kier molecular flexibility index (Phi) is 9.19. The van der Waals surface area contributed by atoms with E-state index in [1.165, 1.54) is 11.3 Å². The molecular formula is C26H34ClN3O4S. The molecule has 1 aliphatic rings. The molecule has 0 heterocycles. The van der Waals surface area contributed by atoms with Gasteiger partial charge in [0.2, 0.25) is 21.8 Å². The summed E-state index contributed by atoms with van der Waals surface area (Å²) in [5, 5.41) is 3.31. The van der Waals surface area contributed by atoms with Gasteiger partial charge >= 0.3 is 0 Å². The highest BCUT2D eigenvalue weighted by atomic mass is 35.5. The molecular weight excluding hydrogens is 486 g/mol. The van der Waals surface area contributed by atoms with E-state index >= 15 is 0 Å². The van der Waals surface area contributed by atoms with E-state index in [4.69, 9.17) is 11.6 Å². The molecule has 0 bridgehead atoms. The second-order valence-electron chi connectivity index (χ2n) is 9.25. The summed E-state index contributed by atoms with van der Waals surface area (Å²) in [5.74, 6) is -0.718. The molecule has 2 aromatic rings. The van der Waals surface area contributed by atoms with E-state index in [1.807, 2.05) is 31.2 Å². The maximum absolute atomic E-state index is 13.6. The van der Waals surface area contributed by atoms with Crippen LogP contribution in [0.15, 0.2) is 48.5 Å². The van der Waals surface area contributed by atoms with Gasteiger partial charge in [-0.3, -0.25) is 13.9 Å². The third kappa shape index (κ3) is 7.45. The van der Waals surface area contributed by atoms with E-state index in [0.717, 1.165) is 47.4 Å². The van der Waals surface area contributed by atoms with Crippen molar-refractivity contribution in [3.63, 3.8) is 0 Å². The van der Waals surface area contributed by atoms with Crippen molar-refractivity contribution in [2.45, 2.75) is 64.6 Å². The molecule has 0 aromatic heterocycles. The molecule has 1 aliphatic carbocycles. The maximum atomic E-state index is 13.6. The number of halogens is 1. The van der Waals surface area contributed by atoms with Crippen LogP contribution in [-0.2, 0) is 26.2 Å². The number of para-hydroxylation sites is 1. The summed E-state index contributed by atoms with van der Waals surface area (Å²) >= 11 is 6.26. The Bertz CT molecular complexity index is 1150. The molecule has 0 radical (unpaired) electrons. The number of hydrogen-bond acceptors (Lipinski definition) is 4. The second kappa shape index (κ2) is 11.9. The van der Waals surface area contributed by atoms with Crippen LogP contribution >= 0.6 is 11.6 Å². The first kappa shape index (κ1) is 27.0. The first-order valence-corrected chi connectivity index (χ1v) is 14.2. The van der Waals surface area contributed by atoms with E-state index in [9.17, 15) is 18.0 Å². The predicted octanol–water partition coefficient (Wildman–Crippen LogP) is 4.28. The SMILES string of the molecule is Cc1cccc(CN(C(=O)CN(c2ccccc2Cl)S(C)(=O)=O)[C@@H](C)C(=O)NC2CCCCC2)c1.